The first-order valence-electron chi connectivity index (χ1n) is 7.45. The molecule has 0 unspecified atom stereocenters. The summed E-state index contributed by atoms with van der Waals surface area (Å²) in [6.07, 6.45) is 7.82. The van der Waals surface area contributed by atoms with Gasteiger partial charge in [0.2, 0.25) is 0 Å². The maximum Gasteiger partial charge on any atom is 0.0959 e. The van der Waals surface area contributed by atoms with Crippen LogP contribution < -0.4 is 0 Å². The Morgan fingerprint density at radius 2 is 1.89 bits per heavy atom. The van der Waals surface area contributed by atoms with Crippen molar-refractivity contribution >= 4 is 11.3 Å². The van der Waals surface area contributed by atoms with E-state index in [-0.39, 0.29) is 0 Å². The first kappa shape index (κ1) is 14.0. The second-order valence-corrected chi connectivity index (χ2v) is 7.73. The lowest BCUT2D eigenvalue weighted by atomic mass is 9.70. The lowest BCUT2D eigenvalue weighted by molar-refractivity contribution is 0.169. The summed E-state index contributed by atoms with van der Waals surface area (Å²) in [5.41, 5.74) is 1.80. The Labute approximate surface area is 116 Å². The highest BCUT2D eigenvalue weighted by atomic mass is 32.1. The first-order chi connectivity index (χ1) is 8.50. The molecule has 0 saturated heterocycles. The zero-order chi connectivity index (χ0) is 13.2. The fourth-order valence-electron chi connectivity index (χ4n) is 3.09. The number of rotatable bonds is 3. The molecule has 0 radical (unpaired) electrons. The van der Waals surface area contributed by atoms with E-state index in [0.29, 0.717) is 5.41 Å². The fraction of sp³-hybridized carbons (Fsp3) is 0.812. The van der Waals surface area contributed by atoms with E-state index in [2.05, 4.69) is 33.1 Å². The maximum atomic E-state index is 4.83. The average Bonchev–Trinajstić information content (AvgIpc) is 2.77. The highest BCUT2D eigenvalue weighted by molar-refractivity contribution is 7.09. The van der Waals surface area contributed by atoms with Crippen molar-refractivity contribution < 1.29 is 0 Å². The van der Waals surface area contributed by atoms with E-state index >= 15 is 0 Å². The zero-order valence-electron chi connectivity index (χ0n) is 12.3. The SMILES string of the molecule is CCCc1csc(C2CCC(C(C)(C)C)CC2)n1. The van der Waals surface area contributed by atoms with Crippen molar-refractivity contribution in [2.24, 2.45) is 11.3 Å². The summed E-state index contributed by atoms with van der Waals surface area (Å²) in [6.45, 7) is 9.40. The zero-order valence-corrected chi connectivity index (χ0v) is 13.1. The number of aryl methyl sites for hydroxylation is 1. The molecule has 0 N–H and O–H groups in total. The average molecular weight is 265 g/mol. The standard InChI is InChI=1S/C16H27NS/c1-5-6-14-11-18-15(17-14)12-7-9-13(10-8-12)16(2,3)4/h11-13H,5-10H2,1-4H3. The van der Waals surface area contributed by atoms with E-state index in [1.54, 1.807) is 0 Å². The van der Waals surface area contributed by atoms with Crippen molar-refractivity contribution in [2.45, 2.75) is 72.1 Å². The van der Waals surface area contributed by atoms with Gasteiger partial charge in [-0.3, -0.25) is 0 Å². The molecule has 102 valence electrons. The van der Waals surface area contributed by atoms with Gasteiger partial charge in [-0.1, -0.05) is 34.1 Å². The minimum absolute atomic E-state index is 0.487. The van der Waals surface area contributed by atoms with Gasteiger partial charge in [-0.2, -0.15) is 0 Å². The molecule has 1 saturated carbocycles. The summed E-state index contributed by atoms with van der Waals surface area (Å²) in [5.74, 6) is 1.66. The van der Waals surface area contributed by atoms with Crippen LogP contribution in [-0.2, 0) is 6.42 Å². The van der Waals surface area contributed by atoms with Gasteiger partial charge in [0.25, 0.3) is 0 Å². The van der Waals surface area contributed by atoms with Crippen molar-refractivity contribution in [3.8, 4) is 0 Å². The van der Waals surface area contributed by atoms with Crippen molar-refractivity contribution in [1.29, 1.82) is 0 Å². The van der Waals surface area contributed by atoms with E-state index in [4.69, 9.17) is 4.98 Å². The lowest BCUT2D eigenvalue weighted by Crippen LogP contribution is -2.25. The molecule has 2 rings (SSSR count). The molecular formula is C16H27NS. The Bertz CT molecular complexity index is 367. The number of thiazole rings is 1. The van der Waals surface area contributed by atoms with Crippen molar-refractivity contribution in [3.05, 3.63) is 16.1 Å². The summed E-state index contributed by atoms with van der Waals surface area (Å²) in [6, 6.07) is 0. The van der Waals surface area contributed by atoms with Crippen LogP contribution in [0.1, 0.15) is 76.4 Å². The van der Waals surface area contributed by atoms with Gasteiger partial charge in [-0.05, 0) is 43.4 Å². The maximum absolute atomic E-state index is 4.83. The van der Waals surface area contributed by atoms with Gasteiger partial charge < -0.3 is 0 Å². The topological polar surface area (TPSA) is 12.9 Å². The van der Waals surface area contributed by atoms with Crippen LogP contribution >= 0.6 is 11.3 Å². The molecule has 0 spiro atoms. The Hall–Kier alpha value is -0.370. The molecule has 1 heterocycles. The van der Waals surface area contributed by atoms with Gasteiger partial charge >= 0.3 is 0 Å². The van der Waals surface area contributed by atoms with Crippen LogP contribution in [-0.4, -0.2) is 4.98 Å². The van der Waals surface area contributed by atoms with Crippen LogP contribution in [0.3, 0.4) is 0 Å². The molecule has 1 fully saturated rings. The minimum Gasteiger partial charge on any atom is -0.246 e. The van der Waals surface area contributed by atoms with E-state index in [1.807, 2.05) is 11.3 Å². The van der Waals surface area contributed by atoms with E-state index < -0.39 is 0 Å². The molecule has 18 heavy (non-hydrogen) atoms. The van der Waals surface area contributed by atoms with Gasteiger partial charge in [0.15, 0.2) is 0 Å². The summed E-state index contributed by atoms with van der Waals surface area (Å²) >= 11 is 1.89. The van der Waals surface area contributed by atoms with Crippen LogP contribution in [0.15, 0.2) is 5.38 Å². The fourth-order valence-corrected chi connectivity index (χ4v) is 4.11. The molecule has 2 heteroatoms. The second kappa shape index (κ2) is 5.73. The predicted octanol–water partition coefficient (Wildman–Crippen LogP) is 5.42. The Kier molecular flexibility index (Phi) is 4.47. The van der Waals surface area contributed by atoms with E-state index in [1.165, 1.54) is 42.8 Å². The summed E-state index contributed by atoms with van der Waals surface area (Å²) in [4.78, 5) is 4.83. The minimum atomic E-state index is 0.487. The number of hydrogen-bond donors (Lipinski definition) is 0. The van der Waals surface area contributed by atoms with Gasteiger partial charge in [-0.25, -0.2) is 4.98 Å². The summed E-state index contributed by atoms with van der Waals surface area (Å²) in [5, 5.41) is 3.68. The van der Waals surface area contributed by atoms with Crippen molar-refractivity contribution in [1.82, 2.24) is 4.98 Å². The van der Waals surface area contributed by atoms with Crippen LogP contribution in [0.25, 0.3) is 0 Å². The highest BCUT2D eigenvalue weighted by Crippen LogP contribution is 2.43. The lowest BCUT2D eigenvalue weighted by Gasteiger charge is -2.36. The molecular weight excluding hydrogens is 238 g/mol. The highest BCUT2D eigenvalue weighted by Gasteiger charge is 2.31. The molecule has 1 nitrogen and oxygen atoms in total. The van der Waals surface area contributed by atoms with Gasteiger partial charge in [0.1, 0.15) is 0 Å². The monoisotopic (exact) mass is 265 g/mol. The number of hydrogen-bond acceptors (Lipinski definition) is 2. The van der Waals surface area contributed by atoms with Gasteiger partial charge in [-0.15, -0.1) is 11.3 Å². The van der Waals surface area contributed by atoms with Gasteiger partial charge in [0, 0.05) is 11.3 Å². The Balaban J connectivity index is 1.92. The van der Waals surface area contributed by atoms with Crippen LogP contribution in [0.5, 0.6) is 0 Å². The molecule has 0 amide bonds. The third-order valence-electron chi connectivity index (χ3n) is 4.38. The molecule has 0 aromatic carbocycles. The largest absolute Gasteiger partial charge is 0.246 e. The number of aromatic nitrogens is 1. The van der Waals surface area contributed by atoms with Crippen LogP contribution in [0.4, 0.5) is 0 Å². The van der Waals surface area contributed by atoms with E-state index in [9.17, 15) is 0 Å². The Morgan fingerprint density at radius 3 is 2.44 bits per heavy atom. The third kappa shape index (κ3) is 3.34. The summed E-state index contributed by atoms with van der Waals surface area (Å²) in [7, 11) is 0. The molecule has 0 aliphatic heterocycles. The molecule has 1 aliphatic carbocycles. The van der Waals surface area contributed by atoms with E-state index in [0.717, 1.165) is 18.3 Å². The molecule has 1 aliphatic rings. The number of nitrogens with zero attached hydrogens (tertiary/aromatic N) is 1. The Morgan fingerprint density at radius 1 is 1.22 bits per heavy atom. The molecule has 1 aromatic rings. The first-order valence-corrected chi connectivity index (χ1v) is 8.33. The quantitative estimate of drug-likeness (QED) is 0.711. The van der Waals surface area contributed by atoms with Gasteiger partial charge in [0.05, 0.1) is 10.7 Å². The summed E-state index contributed by atoms with van der Waals surface area (Å²) < 4.78 is 0. The molecule has 0 atom stereocenters. The molecule has 0 bridgehead atoms. The van der Waals surface area contributed by atoms with Crippen molar-refractivity contribution in [2.75, 3.05) is 0 Å². The van der Waals surface area contributed by atoms with Crippen LogP contribution in [0, 0.1) is 11.3 Å². The predicted molar refractivity (Wildman–Crippen MR) is 80.3 cm³/mol. The normalized spacial score (nSPS) is 25.3. The van der Waals surface area contributed by atoms with Crippen LogP contribution in [0.2, 0.25) is 0 Å². The second-order valence-electron chi connectivity index (χ2n) is 6.84. The smallest absolute Gasteiger partial charge is 0.0959 e. The molecule has 1 aromatic heterocycles. The van der Waals surface area contributed by atoms with Crippen molar-refractivity contribution in [3.63, 3.8) is 0 Å². The third-order valence-corrected chi connectivity index (χ3v) is 5.43.